The minimum absolute atomic E-state index is 0.0931. The largest absolute Gasteiger partial charge is 0.333 e. The number of benzene rings is 2. The normalized spacial score (nSPS) is 17.0. The minimum atomic E-state index is -0.396. The number of anilines is 1. The molecule has 0 aliphatic carbocycles. The molecule has 1 atom stereocenters. The van der Waals surface area contributed by atoms with Crippen LogP contribution in [0.2, 0.25) is 0 Å². The summed E-state index contributed by atoms with van der Waals surface area (Å²) in [6.45, 7) is 0.627. The van der Waals surface area contributed by atoms with Gasteiger partial charge in [0.25, 0.3) is 0 Å². The highest BCUT2D eigenvalue weighted by atomic mass is 16.2. The average molecular weight is 307 g/mol. The maximum absolute atomic E-state index is 12.8. The van der Waals surface area contributed by atoms with E-state index in [1.54, 1.807) is 29.0 Å². The van der Waals surface area contributed by atoms with Crippen LogP contribution in [0.15, 0.2) is 36.4 Å². The van der Waals surface area contributed by atoms with Gasteiger partial charge in [-0.3, -0.25) is 9.59 Å². The molecule has 0 spiro atoms. The summed E-state index contributed by atoms with van der Waals surface area (Å²) in [7, 11) is 1.72. The quantitative estimate of drug-likeness (QED) is 0.817. The molecule has 1 fully saturated rings. The van der Waals surface area contributed by atoms with Gasteiger partial charge in [-0.25, -0.2) is 0 Å². The summed E-state index contributed by atoms with van der Waals surface area (Å²) in [5.41, 5.74) is 1.34. The Morgan fingerprint density at radius 2 is 2.04 bits per heavy atom. The average Bonchev–Trinajstić information content (AvgIpc) is 3.08. The molecule has 0 bridgehead atoms. The van der Waals surface area contributed by atoms with Crippen LogP contribution >= 0.6 is 0 Å². The molecule has 2 aromatic carbocycles. The first-order chi connectivity index (χ1) is 11.2. The first kappa shape index (κ1) is 15.0. The van der Waals surface area contributed by atoms with Crippen LogP contribution < -0.4 is 4.90 Å². The van der Waals surface area contributed by atoms with Crippen LogP contribution in [0.25, 0.3) is 10.8 Å². The number of carbonyl (C=O) groups excluding carboxylic acids is 2. The zero-order chi connectivity index (χ0) is 16.4. The maximum atomic E-state index is 12.8. The summed E-state index contributed by atoms with van der Waals surface area (Å²) < 4.78 is 0. The lowest BCUT2D eigenvalue weighted by atomic mass is 10.0. The van der Waals surface area contributed by atoms with Crippen LogP contribution in [-0.2, 0) is 9.59 Å². The Morgan fingerprint density at radius 1 is 1.30 bits per heavy atom. The number of likely N-dealkylation sites (tertiary alicyclic amines) is 1. The van der Waals surface area contributed by atoms with Crippen molar-refractivity contribution in [2.75, 3.05) is 18.5 Å². The first-order valence-corrected chi connectivity index (χ1v) is 7.58. The number of nitrogens with zero attached hydrogens (tertiary/aromatic N) is 3. The monoisotopic (exact) mass is 307 g/mol. The van der Waals surface area contributed by atoms with E-state index in [-0.39, 0.29) is 5.91 Å². The molecule has 0 radical (unpaired) electrons. The highest BCUT2D eigenvalue weighted by Crippen LogP contribution is 2.30. The Bertz CT molecular complexity index is 810. The SMILES string of the molecule is CN(C(=O)C1CCCN1C=O)c1ccc(C#N)c2ccccc12. The zero-order valence-corrected chi connectivity index (χ0v) is 12.9. The van der Waals surface area contributed by atoms with Gasteiger partial charge in [-0.05, 0) is 25.0 Å². The number of rotatable bonds is 3. The molecule has 1 aliphatic heterocycles. The number of likely N-dealkylation sites (N-methyl/N-ethyl adjacent to an activating group) is 1. The van der Waals surface area contributed by atoms with Gasteiger partial charge in [0.15, 0.2) is 0 Å². The summed E-state index contributed by atoms with van der Waals surface area (Å²) in [6.07, 6.45) is 2.29. The van der Waals surface area contributed by atoms with Crippen molar-refractivity contribution in [2.24, 2.45) is 0 Å². The molecule has 1 heterocycles. The lowest BCUT2D eigenvalue weighted by Crippen LogP contribution is -2.43. The predicted octanol–water partition coefficient (Wildman–Crippen LogP) is 2.30. The Labute approximate surface area is 134 Å². The van der Waals surface area contributed by atoms with E-state index >= 15 is 0 Å². The van der Waals surface area contributed by atoms with E-state index in [2.05, 4.69) is 6.07 Å². The fourth-order valence-electron chi connectivity index (χ4n) is 3.20. The molecule has 0 aromatic heterocycles. The zero-order valence-electron chi connectivity index (χ0n) is 12.9. The minimum Gasteiger partial charge on any atom is -0.333 e. The summed E-state index contributed by atoms with van der Waals surface area (Å²) in [4.78, 5) is 27.0. The van der Waals surface area contributed by atoms with Gasteiger partial charge in [0.1, 0.15) is 6.04 Å². The van der Waals surface area contributed by atoms with Gasteiger partial charge in [0.05, 0.1) is 17.3 Å². The molecular weight excluding hydrogens is 290 g/mol. The Morgan fingerprint density at radius 3 is 2.74 bits per heavy atom. The second-order valence-corrected chi connectivity index (χ2v) is 5.69. The van der Waals surface area contributed by atoms with Gasteiger partial charge in [0, 0.05) is 24.4 Å². The predicted molar refractivity (Wildman–Crippen MR) is 87.9 cm³/mol. The number of hydrogen-bond acceptors (Lipinski definition) is 3. The molecule has 1 unspecified atom stereocenters. The van der Waals surface area contributed by atoms with Crippen molar-refractivity contribution < 1.29 is 9.59 Å². The molecule has 0 N–H and O–H groups in total. The van der Waals surface area contributed by atoms with Crippen LogP contribution in [0.5, 0.6) is 0 Å². The van der Waals surface area contributed by atoms with Gasteiger partial charge >= 0.3 is 0 Å². The van der Waals surface area contributed by atoms with Crippen molar-refractivity contribution >= 4 is 28.8 Å². The number of nitriles is 1. The first-order valence-electron chi connectivity index (χ1n) is 7.58. The second-order valence-electron chi connectivity index (χ2n) is 5.69. The van der Waals surface area contributed by atoms with Gasteiger partial charge in [-0.2, -0.15) is 5.26 Å². The molecule has 23 heavy (non-hydrogen) atoms. The molecule has 0 saturated carbocycles. The van der Waals surface area contributed by atoms with E-state index < -0.39 is 6.04 Å². The van der Waals surface area contributed by atoms with Gasteiger partial charge in [-0.1, -0.05) is 24.3 Å². The second kappa shape index (κ2) is 6.09. The standard InChI is InChI=1S/C18H17N3O2/c1-20(18(23)17-7-4-10-21(17)12-22)16-9-8-13(11-19)14-5-2-3-6-15(14)16/h2-3,5-6,8-9,12,17H,4,7,10H2,1H3. The Kier molecular flexibility index (Phi) is 3.98. The maximum Gasteiger partial charge on any atom is 0.249 e. The number of carbonyl (C=O) groups is 2. The van der Waals surface area contributed by atoms with Crippen molar-refractivity contribution in [3.8, 4) is 6.07 Å². The van der Waals surface area contributed by atoms with Crippen molar-refractivity contribution in [2.45, 2.75) is 18.9 Å². The molecular formula is C18H17N3O2. The summed E-state index contributed by atoms with van der Waals surface area (Å²) in [5.74, 6) is -0.0931. The molecule has 2 amide bonds. The third kappa shape index (κ3) is 2.53. The van der Waals surface area contributed by atoms with Crippen LogP contribution in [0.1, 0.15) is 18.4 Å². The van der Waals surface area contributed by atoms with E-state index in [9.17, 15) is 14.9 Å². The summed E-state index contributed by atoms with van der Waals surface area (Å²) in [5, 5.41) is 10.9. The third-order valence-corrected chi connectivity index (χ3v) is 4.43. The third-order valence-electron chi connectivity index (χ3n) is 4.43. The highest BCUT2D eigenvalue weighted by Gasteiger charge is 2.32. The molecule has 2 aromatic rings. The van der Waals surface area contributed by atoms with Crippen LogP contribution in [0, 0.1) is 11.3 Å². The number of amides is 2. The van der Waals surface area contributed by atoms with Gasteiger partial charge in [0.2, 0.25) is 12.3 Å². The Hall–Kier alpha value is -2.87. The van der Waals surface area contributed by atoms with E-state index in [0.29, 0.717) is 18.5 Å². The lowest BCUT2D eigenvalue weighted by molar-refractivity contribution is -0.129. The number of fused-ring (bicyclic) bond motifs is 1. The van der Waals surface area contributed by atoms with Crippen LogP contribution in [0.4, 0.5) is 5.69 Å². The van der Waals surface area contributed by atoms with E-state index in [1.807, 2.05) is 24.3 Å². The van der Waals surface area contributed by atoms with E-state index in [0.717, 1.165) is 29.3 Å². The molecule has 1 aliphatic rings. The van der Waals surface area contributed by atoms with Crippen molar-refractivity contribution in [1.82, 2.24) is 4.90 Å². The molecule has 5 nitrogen and oxygen atoms in total. The molecule has 116 valence electrons. The van der Waals surface area contributed by atoms with Crippen molar-refractivity contribution in [3.05, 3.63) is 42.0 Å². The molecule has 3 rings (SSSR count). The smallest absolute Gasteiger partial charge is 0.249 e. The fourth-order valence-corrected chi connectivity index (χ4v) is 3.20. The van der Waals surface area contributed by atoms with Crippen molar-refractivity contribution in [1.29, 1.82) is 5.26 Å². The van der Waals surface area contributed by atoms with E-state index in [4.69, 9.17) is 0 Å². The van der Waals surface area contributed by atoms with Crippen LogP contribution in [-0.4, -0.2) is 36.9 Å². The highest BCUT2D eigenvalue weighted by molar-refractivity contribution is 6.06. The fraction of sp³-hybridized carbons (Fsp3) is 0.278. The molecule has 5 heteroatoms. The lowest BCUT2D eigenvalue weighted by Gasteiger charge is -2.26. The van der Waals surface area contributed by atoms with Crippen LogP contribution in [0.3, 0.4) is 0 Å². The summed E-state index contributed by atoms with van der Waals surface area (Å²) in [6, 6.07) is 12.8. The molecule has 1 saturated heterocycles. The topological polar surface area (TPSA) is 64.4 Å². The Balaban J connectivity index is 2.02. The summed E-state index contributed by atoms with van der Waals surface area (Å²) >= 11 is 0. The van der Waals surface area contributed by atoms with Crippen molar-refractivity contribution in [3.63, 3.8) is 0 Å². The van der Waals surface area contributed by atoms with Gasteiger partial charge in [-0.15, -0.1) is 0 Å². The van der Waals surface area contributed by atoms with Gasteiger partial charge < -0.3 is 9.80 Å². The van der Waals surface area contributed by atoms with E-state index in [1.165, 1.54) is 0 Å². The number of hydrogen-bond donors (Lipinski definition) is 0.